The van der Waals surface area contributed by atoms with E-state index in [9.17, 15) is 5.26 Å². The molecule has 0 N–H and O–H groups in total. The first kappa shape index (κ1) is 14.5. The number of aryl methyl sites for hydroxylation is 1. The first-order chi connectivity index (χ1) is 11.8. The van der Waals surface area contributed by atoms with Gasteiger partial charge in [-0.1, -0.05) is 23.4 Å². The molecule has 0 unspecified atom stereocenters. The van der Waals surface area contributed by atoms with Gasteiger partial charge in [-0.25, -0.2) is 0 Å². The summed E-state index contributed by atoms with van der Waals surface area (Å²) in [5, 5.41) is 13.4. The Hall–Kier alpha value is -3.13. The van der Waals surface area contributed by atoms with Crippen LogP contribution >= 0.6 is 0 Å². The predicted molar refractivity (Wildman–Crippen MR) is 88.5 cm³/mol. The number of hydrogen-bond donors (Lipinski definition) is 0. The van der Waals surface area contributed by atoms with Gasteiger partial charge in [-0.05, 0) is 48.6 Å². The van der Waals surface area contributed by atoms with E-state index in [1.165, 1.54) is 24.7 Å². The Labute approximate surface area is 139 Å². The van der Waals surface area contributed by atoms with E-state index in [1.807, 2.05) is 18.2 Å². The maximum atomic E-state index is 9.21. The molecule has 0 saturated heterocycles. The van der Waals surface area contributed by atoms with Crippen LogP contribution in [-0.2, 0) is 12.8 Å². The van der Waals surface area contributed by atoms with Crippen LogP contribution in [0.25, 0.3) is 22.8 Å². The van der Waals surface area contributed by atoms with Gasteiger partial charge in [0.15, 0.2) is 0 Å². The molecule has 4 rings (SSSR count). The fraction of sp³-hybridized carbons (Fsp3) is 0.211. The van der Waals surface area contributed by atoms with E-state index in [0.29, 0.717) is 28.6 Å². The second-order valence-electron chi connectivity index (χ2n) is 5.75. The molecule has 0 spiro atoms. The number of benzene rings is 2. The lowest BCUT2D eigenvalue weighted by Gasteiger charge is -2.03. The number of rotatable bonds is 3. The molecule has 0 aliphatic heterocycles. The molecule has 0 amide bonds. The fourth-order valence-electron chi connectivity index (χ4n) is 3.21. The molecule has 5 nitrogen and oxygen atoms in total. The van der Waals surface area contributed by atoms with Crippen LogP contribution in [0, 0.1) is 11.3 Å². The van der Waals surface area contributed by atoms with Crippen LogP contribution in [0.1, 0.15) is 23.1 Å². The van der Waals surface area contributed by atoms with Crippen LogP contribution < -0.4 is 4.74 Å². The first-order valence-corrected chi connectivity index (χ1v) is 7.83. The Morgan fingerprint density at radius 3 is 2.96 bits per heavy atom. The van der Waals surface area contributed by atoms with E-state index < -0.39 is 0 Å². The topological polar surface area (TPSA) is 71.9 Å². The summed E-state index contributed by atoms with van der Waals surface area (Å²) in [5.41, 5.74) is 4.87. The van der Waals surface area contributed by atoms with Crippen molar-refractivity contribution in [3.8, 4) is 34.7 Å². The number of aromatic nitrogens is 2. The van der Waals surface area contributed by atoms with Crippen molar-refractivity contribution in [2.75, 3.05) is 7.11 Å². The summed E-state index contributed by atoms with van der Waals surface area (Å²) in [7, 11) is 1.54. The molecular formula is C19H15N3O2. The summed E-state index contributed by atoms with van der Waals surface area (Å²) < 4.78 is 10.6. The minimum Gasteiger partial charge on any atom is -0.495 e. The molecule has 3 aromatic rings. The van der Waals surface area contributed by atoms with Crippen LogP contribution in [0.2, 0.25) is 0 Å². The zero-order valence-corrected chi connectivity index (χ0v) is 13.2. The van der Waals surface area contributed by atoms with Gasteiger partial charge in [0.25, 0.3) is 5.89 Å². The third kappa shape index (κ3) is 2.33. The van der Waals surface area contributed by atoms with Crippen molar-refractivity contribution in [1.82, 2.24) is 10.1 Å². The standard InChI is InChI=1S/C19H15N3O2/c1-23-17-9-8-13(10-14(17)11-20)19-21-18(22-24-19)16-7-3-5-12-4-2-6-15(12)16/h3,5,7-10H,2,4,6H2,1H3. The number of ether oxygens (including phenoxy) is 1. The number of methoxy groups -OCH3 is 1. The molecule has 0 radical (unpaired) electrons. The number of nitrogens with zero attached hydrogens (tertiary/aromatic N) is 3. The van der Waals surface area contributed by atoms with Crippen LogP contribution in [0.15, 0.2) is 40.9 Å². The molecule has 118 valence electrons. The number of hydrogen-bond acceptors (Lipinski definition) is 5. The Bertz CT molecular complexity index is 953. The molecule has 0 saturated carbocycles. The van der Waals surface area contributed by atoms with E-state index >= 15 is 0 Å². The SMILES string of the molecule is COc1ccc(-c2nc(-c3cccc4c3CCC4)no2)cc1C#N. The molecule has 5 heteroatoms. The Kier molecular flexibility index (Phi) is 3.51. The quantitative estimate of drug-likeness (QED) is 0.735. The van der Waals surface area contributed by atoms with Crippen molar-refractivity contribution in [2.24, 2.45) is 0 Å². The lowest BCUT2D eigenvalue weighted by atomic mass is 10.0. The second kappa shape index (κ2) is 5.82. The van der Waals surface area contributed by atoms with Gasteiger partial charge in [0.2, 0.25) is 5.82 Å². The highest BCUT2D eigenvalue weighted by Gasteiger charge is 2.19. The lowest BCUT2D eigenvalue weighted by Crippen LogP contribution is -1.90. The Morgan fingerprint density at radius 1 is 1.21 bits per heavy atom. The molecular weight excluding hydrogens is 302 g/mol. The van der Waals surface area contributed by atoms with Crippen LogP contribution in [0.3, 0.4) is 0 Å². The predicted octanol–water partition coefficient (Wildman–Crippen LogP) is 3.77. The maximum Gasteiger partial charge on any atom is 0.258 e. The highest BCUT2D eigenvalue weighted by molar-refractivity contribution is 5.66. The fourth-order valence-corrected chi connectivity index (χ4v) is 3.21. The summed E-state index contributed by atoms with van der Waals surface area (Å²) in [6, 6.07) is 13.6. The highest BCUT2D eigenvalue weighted by Crippen LogP contribution is 2.32. The summed E-state index contributed by atoms with van der Waals surface area (Å²) in [4.78, 5) is 4.53. The zero-order chi connectivity index (χ0) is 16.5. The monoisotopic (exact) mass is 317 g/mol. The van der Waals surface area contributed by atoms with Crippen molar-refractivity contribution >= 4 is 0 Å². The summed E-state index contributed by atoms with van der Waals surface area (Å²) >= 11 is 0. The maximum absolute atomic E-state index is 9.21. The summed E-state index contributed by atoms with van der Waals surface area (Å²) in [6.07, 6.45) is 3.33. The van der Waals surface area contributed by atoms with Gasteiger partial charge in [0.05, 0.1) is 12.7 Å². The van der Waals surface area contributed by atoms with Crippen molar-refractivity contribution in [1.29, 1.82) is 5.26 Å². The molecule has 0 bridgehead atoms. The molecule has 1 aromatic heterocycles. The van der Waals surface area contributed by atoms with Crippen LogP contribution in [-0.4, -0.2) is 17.3 Å². The molecule has 1 aliphatic carbocycles. The second-order valence-corrected chi connectivity index (χ2v) is 5.75. The molecule has 1 aliphatic rings. The van der Waals surface area contributed by atoms with E-state index in [0.717, 1.165) is 18.4 Å². The Balaban J connectivity index is 1.74. The minimum atomic E-state index is 0.403. The Morgan fingerprint density at radius 2 is 2.12 bits per heavy atom. The smallest absolute Gasteiger partial charge is 0.258 e. The summed E-state index contributed by atoms with van der Waals surface area (Å²) in [6.45, 7) is 0. The highest BCUT2D eigenvalue weighted by atomic mass is 16.5. The third-order valence-corrected chi connectivity index (χ3v) is 4.38. The van der Waals surface area contributed by atoms with E-state index in [-0.39, 0.29) is 0 Å². The van der Waals surface area contributed by atoms with E-state index in [1.54, 1.807) is 12.1 Å². The lowest BCUT2D eigenvalue weighted by molar-refractivity contribution is 0.413. The van der Waals surface area contributed by atoms with Gasteiger partial charge in [-0.3, -0.25) is 0 Å². The zero-order valence-electron chi connectivity index (χ0n) is 13.2. The average molecular weight is 317 g/mol. The molecule has 0 atom stereocenters. The normalized spacial score (nSPS) is 12.7. The van der Waals surface area contributed by atoms with Crippen LogP contribution in [0.4, 0.5) is 0 Å². The van der Waals surface area contributed by atoms with Crippen LogP contribution in [0.5, 0.6) is 5.75 Å². The van der Waals surface area contributed by atoms with Gasteiger partial charge < -0.3 is 9.26 Å². The van der Waals surface area contributed by atoms with Crippen molar-refractivity contribution in [2.45, 2.75) is 19.3 Å². The molecule has 24 heavy (non-hydrogen) atoms. The van der Waals surface area contributed by atoms with Gasteiger partial charge in [0.1, 0.15) is 11.8 Å². The molecule has 2 aromatic carbocycles. The van der Waals surface area contributed by atoms with Crippen molar-refractivity contribution in [3.63, 3.8) is 0 Å². The van der Waals surface area contributed by atoms with Crippen molar-refractivity contribution in [3.05, 3.63) is 53.1 Å². The number of nitriles is 1. The molecule has 1 heterocycles. The largest absolute Gasteiger partial charge is 0.495 e. The average Bonchev–Trinajstić information content (AvgIpc) is 3.30. The summed E-state index contributed by atoms with van der Waals surface area (Å²) in [5.74, 6) is 1.53. The van der Waals surface area contributed by atoms with Gasteiger partial charge in [-0.2, -0.15) is 10.2 Å². The first-order valence-electron chi connectivity index (χ1n) is 7.83. The number of fused-ring (bicyclic) bond motifs is 1. The van der Waals surface area contributed by atoms with E-state index in [2.05, 4.69) is 22.3 Å². The van der Waals surface area contributed by atoms with Gasteiger partial charge in [0, 0.05) is 11.1 Å². The molecule has 0 fully saturated rings. The van der Waals surface area contributed by atoms with Gasteiger partial charge >= 0.3 is 0 Å². The van der Waals surface area contributed by atoms with E-state index in [4.69, 9.17) is 9.26 Å². The van der Waals surface area contributed by atoms with Crippen molar-refractivity contribution < 1.29 is 9.26 Å². The third-order valence-electron chi connectivity index (χ3n) is 4.38. The minimum absolute atomic E-state index is 0.403. The van der Waals surface area contributed by atoms with Gasteiger partial charge in [-0.15, -0.1) is 0 Å².